The highest BCUT2D eigenvalue weighted by Gasteiger charge is 2.41. The molecule has 1 fully saturated rings. The van der Waals surface area contributed by atoms with Crippen LogP contribution in [0.5, 0.6) is 0 Å². The third-order valence-corrected chi connectivity index (χ3v) is 11.8. The predicted molar refractivity (Wildman–Crippen MR) is 238 cm³/mol. The number of carbonyl (C=O) groups is 6. The highest BCUT2D eigenvalue weighted by molar-refractivity contribution is 6.12. The van der Waals surface area contributed by atoms with E-state index in [0.29, 0.717) is 83.5 Å². The van der Waals surface area contributed by atoms with Crippen molar-refractivity contribution in [2.75, 3.05) is 45.8 Å². The standard InChI is InChI=1S/C47H74N4O13/c1-9-38(54)35(5)61-34(4)31-46(7,60)21-13-14-32(2)44-33(3)16-17-39(47(8,64-36(6)52)22-20-37(53)30-43(58)63-44)62-45(59)50-28-26-49(27-29-50)25-23-48-40(55)15-11-10-12-24-51-41(56)18-19-42(51)57/h13-14,16-19,21,33-35,37-39,44,53-54,60H,9-12,15,20,22-31H2,1-8H3,(H,48,55)/b17-16+,21-13+,32-14+/t33-,34-,35?,37+,38-,39-,44+,46-,47+/m0/s1. The smallest absolute Gasteiger partial charge is 0.410 e. The van der Waals surface area contributed by atoms with Crippen LogP contribution in [0.4, 0.5) is 4.79 Å². The lowest BCUT2D eigenvalue weighted by Gasteiger charge is -2.39. The fourth-order valence-corrected chi connectivity index (χ4v) is 8.03. The van der Waals surface area contributed by atoms with E-state index in [-0.39, 0.29) is 55.6 Å². The van der Waals surface area contributed by atoms with Gasteiger partial charge < -0.3 is 44.5 Å². The van der Waals surface area contributed by atoms with E-state index < -0.39 is 59.6 Å². The SMILES string of the molecule is CC[C@H](O)C(C)O[C@@H](C)C[C@@](C)(O)/C=C/C=C(\C)[C@H]1OC(=O)C[C@H](O)CC[C@@](C)(OC(C)=O)[C@@H](OC(=O)N2CCN(CCNC(=O)CCCCCN3C(=O)C=CC3=O)CC2)/C=C/[C@@H]1C. The molecular formula is C47H74N4O13. The lowest BCUT2D eigenvalue weighted by molar-refractivity contribution is -0.168. The summed E-state index contributed by atoms with van der Waals surface area (Å²) in [5, 5.41) is 35.0. The number of aliphatic hydroxyl groups is 3. The average molecular weight is 903 g/mol. The van der Waals surface area contributed by atoms with Crippen LogP contribution in [0.1, 0.15) is 113 Å². The lowest BCUT2D eigenvalue weighted by atomic mass is 9.88. The summed E-state index contributed by atoms with van der Waals surface area (Å²) in [6.45, 7) is 16.8. The molecule has 0 aromatic carbocycles. The molecular weight excluding hydrogens is 829 g/mol. The van der Waals surface area contributed by atoms with E-state index in [1.807, 2.05) is 20.8 Å². The third kappa shape index (κ3) is 18.2. The van der Waals surface area contributed by atoms with Gasteiger partial charge in [0.1, 0.15) is 11.7 Å². The first kappa shape index (κ1) is 53.9. The molecule has 0 saturated carbocycles. The van der Waals surface area contributed by atoms with Gasteiger partial charge in [-0.15, -0.1) is 0 Å². The maximum Gasteiger partial charge on any atom is 0.410 e. The number of hydrogen-bond acceptors (Lipinski definition) is 14. The minimum absolute atomic E-state index is 0.0438. The molecule has 4 N–H and O–H groups in total. The molecule has 3 aliphatic heterocycles. The van der Waals surface area contributed by atoms with E-state index in [2.05, 4.69) is 10.2 Å². The van der Waals surface area contributed by atoms with Gasteiger partial charge in [0.15, 0.2) is 6.10 Å². The second kappa shape index (κ2) is 25.9. The first-order valence-corrected chi connectivity index (χ1v) is 22.8. The van der Waals surface area contributed by atoms with Crippen LogP contribution in [0.2, 0.25) is 0 Å². The number of carbonyl (C=O) groups excluding carboxylic acids is 6. The van der Waals surface area contributed by atoms with Crippen molar-refractivity contribution >= 4 is 35.8 Å². The summed E-state index contributed by atoms with van der Waals surface area (Å²) in [6, 6.07) is 0. The zero-order chi connectivity index (χ0) is 47.6. The predicted octanol–water partition coefficient (Wildman–Crippen LogP) is 3.89. The zero-order valence-electron chi connectivity index (χ0n) is 39.2. The van der Waals surface area contributed by atoms with Crippen LogP contribution in [0.15, 0.2) is 48.1 Å². The molecule has 0 aromatic heterocycles. The molecule has 17 nitrogen and oxygen atoms in total. The van der Waals surface area contributed by atoms with E-state index >= 15 is 0 Å². The molecule has 3 heterocycles. The Balaban J connectivity index is 1.62. The summed E-state index contributed by atoms with van der Waals surface area (Å²) < 4.78 is 23.7. The summed E-state index contributed by atoms with van der Waals surface area (Å²) in [6.07, 6.45) is 8.91. The maximum absolute atomic E-state index is 13.7. The molecule has 0 radical (unpaired) electrons. The number of hydrogen-bond donors (Lipinski definition) is 4. The number of rotatable bonds is 20. The van der Waals surface area contributed by atoms with E-state index in [9.17, 15) is 44.1 Å². The highest BCUT2D eigenvalue weighted by Crippen LogP contribution is 2.31. The van der Waals surface area contributed by atoms with Crippen molar-refractivity contribution in [2.24, 2.45) is 5.92 Å². The van der Waals surface area contributed by atoms with Crippen LogP contribution in [-0.4, -0.2) is 159 Å². The average Bonchev–Trinajstić information content (AvgIpc) is 3.54. The van der Waals surface area contributed by atoms with Crippen LogP contribution >= 0.6 is 0 Å². The number of aliphatic hydroxyl groups excluding tert-OH is 2. The van der Waals surface area contributed by atoms with Gasteiger partial charge >= 0.3 is 18.0 Å². The van der Waals surface area contributed by atoms with Crippen molar-refractivity contribution in [3.8, 4) is 0 Å². The molecule has 17 heteroatoms. The van der Waals surface area contributed by atoms with Gasteiger partial charge in [-0.05, 0) is 78.4 Å². The highest BCUT2D eigenvalue weighted by atomic mass is 16.6. The van der Waals surface area contributed by atoms with E-state index in [1.54, 1.807) is 63.0 Å². The number of allylic oxidation sites excluding steroid dienone is 2. The van der Waals surface area contributed by atoms with Gasteiger partial charge in [-0.1, -0.05) is 44.6 Å². The Bertz CT molecular complexity index is 1690. The number of ether oxygens (including phenoxy) is 4. The van der Waals surface area contributed by atoms with E-state index in [4.69, 9.17) is 18.9 Å². The summed E-state index contributed by atoms with van der Waals surface area (Å²) in [4.78, 5) is 79.9. The molecule has 9 atom stereocenters. The zero-order valence-corrected chi connectivity index (χ0v) is 39.2. The van der Waals surface area contributed by atoms with Crippen LogP contribution in [0.25, 0.3) is 0 Å². The molecule has 64 heavy (non-hydrogen) atoms. The molecule has 0 bridgehead atoms. The van der Waals surface area contributed by atoms with Gasteiger partial charge in [-0.25, -0.2) is 4.79 Å². The second-order valence-electron chi connectivity index (χ2n) is 17.9. The Labute approximate surface area is 378 Å². The summed E-state index contributed by atoms with van der Waals surface area (Å²) in [7, 11) is 0. The number of cyclic esters (lactones) is 1. The number of nitrogens with zero attached hydrogens (tertiary/aromatic N) is 3. The molecule has 3 aliphatic rings. The number of piperazine rings is 1. The van der Waals surface area contributed by atoms with Gasteiger partial charge in [0.25, 0.3) is 11.8 Å². The molecule has 3 rings (SSSR count). The fraction of sp³-hybridized carbons (Fsp3) is 0.702. The van der Waals surface area contributed by atoms with Crippen molar-refractivity contribution in [1.82, 2.24) is 20.0 Å². The number of amides is 4. The summed E-state index contributed by atoms with van der Waals surface area (Å²) >= 11 is 0. The summed E-state index contributed by atoms with van der Waals surface area (Å²) in [5.74, 6) is -2.39. The third-order valence-electron chi connectivity index (χ3n) is 11.8. The molecule has 360 valence electrons. The Morgan fingerprint density at radius 3 is 2.34 bits per heavy atom. The Morgan fingerprint density at radius 2 is 1.70 bits per heavy atom. The molecule has 4 amide bonds. The maximum atomic E-state index is 13.7. The number of esters is 2. The Morgan fingerprint density at radius 1 is 1.03 bits per heavy atom. The van der Waals surface area contributed by atoms with Gasteiger partial charge in [0.05, 0.1) is 36.4 Å². The topological polar surface area (TPSA) is 222 Å². The van der Waals surface area contributed by atoms with Crippen LogP contribution in [-0.2, 0) is 42.9 Å². The molecule has 1 unspecified atom stereocenters. The van der Waals surface area contributed by atoms with Gasteiger partial charge in [-0.3, -0.25) is 33.8 Å². The lowest BCUT2D eigenvalue weighted by Crippen LogP contribution is -2.53. The minimum Gasteiger partial charge on any atom is -0.457 e. The molecule has 0 aromatic rings. The Kier molecular flexibility index (Phi) is 21.8. The normalized spacial score (nSPS) is 26.9. The van der Waals surface area contributed by atoms with Crippen molar-refractivity contribution in [3.05, 3.63) is 48.1 Å². The minimum atomic E-state index is -1.40. The monoisotopic (exact) mass is 903 g/mol. The van der Waals surface area contributed by atoms with Gasteiger partial charge in [-0.2, -0.15) is 0 Å². The van der Waals surface area contributed by atoms with Crippen LogP contribution < -0.4 is 5.32 Å². The first-order valence-electron chi connectivity index (χ1n) is 22.8. The second-order valence-corrected chi connectivity index (χ2v) is 17.9. The number of nitrogens with one attached hydrogen (secondary N) is 1. The van der Waals surface area contributed by atoms with Crippen LogP contribution in [0.3, 0.4) is 0 Å². The van der Waals surface area contributed by atoms with Crippen molar-refractivity contribution in [2.45, 2.75) is 161 Å². The van der Waals surface area contributed by atoms with Crippen molar-refractivity contribution in [1.29, 1.82) is 0 Å². The van der Waals surface area contributed by atoms with Crippen LogP contribution in [0, 0.1) is 5.92 Å². The molecule has 1 saturated heterocycles. The first-order chi connectivity index (χ1) is 30.1. The van der Waals surface area contributed by atoms with Gasteiger partial charge in [0, 0.05) is 83.6 Å². The molecule has 0 aliphatic carbocycles. The number of imide groups is 1. The quantitative estimate of drug-likeness (QED) is 0.0340. The fourth-order valence-electron chi connectivity index (χ4n) is 8.03. The Hall–Kier alpha value is -4.42. The number of unbranched alkanes of at least 4 members (excludes halogenated alkanes) is 2. The van der Waals surface area contributed by atoms with Crippen molar-refractivity contribution in [3.63, 3.8) is 0 Å². The molecule has 0 spiro atoms. The van der Waals surface area contributed by atoms with Crippen molar-refractivity contribution < 1.29 is 63.0 Å². The largest absolute Gasteiger partial charge is 0.457 e. The van der Waals surface area contributed by atoms with E-state index in [1.165, 1.54) is 24.0 Å². The van der Waals surface area contributed by atoms with Gasteiger partial charge in [0.2, 0.25) is 5.91 Å². The summed E-state index contributed by atoms with van der Waals surface area (Å²) in [5.41, 5.74) is -2.01. The van der Waals surface area contributed by atoms with E-state index in [0.717, 1.165) is 0 Å².